The summed E-state index contributed by atoms with van der Waals surface area (Å²) in [6.07, 6.45) is 3.32. The highest BCUT2D eigenvalue weighted by atomic mass is 32.2. The molecule has 0 saturated carbocycles. The minimum atomic E-state index is -0.159. The third kappa shape index (κ3) is 4.62. The molecular weight excluding hydrogens is 340 g/mol. The number of hydrogen-bond acceptors (Lipinski definition) is 6. The summed E-state index contributed by atoms with van der Waals surface area (Å²) in [5, 5.41) is 5.28. The molecule has 0 saturated heterocycles. The highest BCUT2D eigenvalue weighted by Crippen LogP contribution is 2.19. The fourth-order valence-corrected chi connectivity index (χ4v) is 3.55. The smallest absolute Gasteiger partial charge is 0.270 e. The highest BCUT2D eigenvalue weighted by molar-refractivity contribution is 7.98. The van der Waals surface area contributed by atoms with Crippen LogP contribution in [0.5, 0.6) is 0 Å². The third-order valence-electron chi connectivity index (χ3n) is 3.14. The van der Waals surface area contributed by atoms with Gasteiger partial charge in [0.15, 0.2) is 10.8 Å². The first-order chi connectivity index (χ1) is 11.8. The molecule has 0 bridgehead atoms. The average molecular weight is 356 g/mol. The number of nitrogens with zero attached hydrogens (tertiary/aromatic N) is 3. The average Bonchev–Trinajstić information content (AvgIpc) is 3.13. The minimum Gasteiger partial charge on any atom is -0.350 e. The predicted molar refractivity (Wildman–Crippen MR) is 98.1 cm³/mol. The van der Waals surface area contributed by atoms with Crippen LogP contribution in [0.15, 0.2) is 54.2 Å². The van der Waals surface area contributed by atoms with Crippen molar-refractivity contribution in [1.82, 2.24) is 20.3 Å². The molecule has 1 N–H and O–H groups in total. The first kappa shape index (κ1) is 16.6. The van der Waals surface area contributed by atoms with Gasteiger partial charge in [-0.25, -0.2) is 15.0 Å². The van der Waals surface area contributed by atoms with Crippen molar-refractivity contribution in [1.29, 1.82) is 0 Å². The number of carbonyl (C=O) groups is 1. The second-order valence-electron chi connectivity index (χ2n) is 4.90. The Balaban J connectivity index is 1.43. The fraction of sp³-hybridized carbons (Fsp3) is 0.176. The summed E-state index contributed by atoms with van der Waals surface area (Å²) in [4.78, 5) is 24.7. The van der Waals surface area contributed by atoms with Gasteiger partial charge in [0.05, 0.1) is 0 Å². The standard InChI is InChI=1S/C17H16N4OS2/c22-16(20-9-10-23-11-13-5-2-1-3-6-13)14-12-24-17(21-14)15-18-7-4-8-19-15/h1-8,12H,9-11H2,(H,20,22). The van der Waals surface area contributed by atoms with Gasteiger partial charge in [0, 0.05) is 35.8 Å². The van der Waals surface area contributed by atoms with Gasteiger partial charge >= 0.3 is 0 Å². The van der Waals surface area contributed by atoms with E-state index in [1.807, 2.05) is 18.2 Å². The molecule has 24 heavy (non-hydrogen) atoms. The zero-order chi connectivity index (χ0) is 16.6. The molecule has 7 heteroatoms. The van der Waals surface area contributed by atoms with Gasteiger partial charge in [-0.15, -0.1) is 11.3 Å². The van der Waals surface area contributed by atoms with Crippen LogP contribution in [0.1, 0.15) is 16.1 Å². The normalized spacial score (nSPS) is 10.5. The molecule has 1 amide bonds. The van der Waals surface area contributed by atoms with Crippen LogP contribution in [0.25, 0.3) is 10.8 Å². The number of hydrogen-bond donors (Lipinski definition) is 1. The maximum absolute atomic E-state index is 12.1. The molecule has 0 fully saturated rings. The van der Waals surface area contributed by atoms with Crippen LogP contribution in [0.2, 0.25) is 0 Å². The van der Waals surface area contributed by atoms with Gasteiger partial charge in [-0.05, 0) is 11.6 Å². The van der Waals surface area contributed by atoms with Gasteiger partial charge in [-0.2, -0.15) is 11.8 Å². The molecule has 3 aromatic rings. The Hall–Kier alpha value is -2.25. The maximum Gasteiger partial charge on any atom is 0.270 e. The lowest BCUT2D eigenvalue weighted by Crippen LogP contribution is -2.26. The van der Waals surface area contributed by atoms with Gasteiger partial charge in [0.2, 0.25) is 0 Å². The van der Waals surface area contributed by atoms with E-state index >= 15 is 0 Å². The van der Waals surface area contributed by atoms with Crippen LogP contribution in [-0.4, -0.2) is 33.2 Å². The molecule has 122 valence electrons. The lowest BCUT2D eigenvalue weighted by atomic mass is 10.2. The van der Waals surface area contributed by atoms with Crippen LogP contribution in [0, 0.1) is 0 Å². The molecule has 1 aromatic carbocycles. The molecule has 2 aromatic heterocycles. The molecule has 3 rings (SSSR count). The van der Waals surface area contributed by atoms with E-state index in [0.29, 0.717) is 23.1 Å². The third-order valence-corrected chi connectivity index (χ3v) is 5.01. The van der Waals surface area contributed by atoms with Crippen LogP contribution >= 0.6 is 23.1 Å². The van der Waals surface area contributed by atoms with E-state index in [1.54, 1.807) is 35.6 Å². The van der Waals surface area contributed by atoms with E-state index in [-0.39, 0.29) is 5.91 Å². The summed E-state index contributed by atoms with van der Waals surface area (Å²) < 4.78 is 0. The van der Waals surface area contributed by atoms with Crippen molar-refractivity contribution >= 4 is 29.0 Å². The number of benzene rings is 1. The lowest BCUT2D eigenvalue weighted by molar-refractivity contribution is 0.0952. The van der Waals surface area contributed by atoms with E-state index < -0.39 is 0 Å². The molecule has 0 aliphatic heterocycles. The summed E-state index contributed by atoms with van der Waals surface area (Å²) in [5.41, 5.74) is 1.70. The number of nitrogens with one attached hydrogen (secondary N) is 1. The zero-order valence-corrected chi connectivity index (χ0v) is 14.5. The molecule has 0 spiro atoms. The molecule has 0 unspecified atom stereocenters. The Kier molecular flexibility index (Phi) is 5.92. The second-order valence-corrected chi connectivity index (χ2v) is 6.87. The van der Waals surface area contributed by atoms with Crippen molar-refractivity contribution in [2.24, 2.45) is 0 Å². The topological polar surface area (TPSA) is 67.8 Å². The van der Waals surface area contributed by atoms with E-state index in [4.69, 9.17) is 0 Å². The van der Waals surface area contributed by atoms with Crippen molar-refractivity contribution in [2.75, 3.05) is 12.3 Å². The summed E-state index contributed by atoms with van der Waals surface area (Å²) in [5.74, 6) is 2.19. The number of thioether (sulfide) groups is 1. The molecule has 0 radical (unpaired) electrons. The predicted octanol–water partition coefficient (Wildman–Crippen LogP) is 3.26. The molecule has 0 atom stereocenters. The van der Waals surface area contributed by atoms with Gasteiger partial charge < -0.3 is 5.32 Å². The van der Waals surface area contributed by atoms with Crippen molar-refractivity contribution in [2.45, 2.75) is 5.75 Å². The Morgan fingerprint density at radius 1 is 1.12 bits per heavy atom. The SMILES string of the molecule is O=C(NCCSCc1ccccc1)c1csc(-c2ncccn2)n1. The fourth-order valence-electron chi connectivity index (χ4n) is 1.98. The Bertz CT molecular complexity index is 778. The Labute approximate surface area is 148 Å². The maximum atomic E-state index is 12.1. The number of rotatable bonds is 7. The second kappa shape index (κ2) is 8.56. The molecule has 2 heterocycles. The van der Waals surface area contributed by atoms with Crippen LogP contribution in [-0.2, 0) is 5.75 Å². The first-order valence-corrected chi connectivity index (χ1v) is 9.49. The number of aromatic nitrogens is 3. The molecule has 0 aliphatic rings. The highest BCUT2D eigenvalue weighted by Gasteiger charge is 2.12. The summed E-state index contributed by atoms with van der Waals surface area (Å²) in [6, 6.07) is 12.0. The van der Waals surface area contributed by atoms with Gasteiger partial charge in [-0.1, -0.05) is 30.3 Å². The van der Waals surface area contributed by atoms with E-state index in [0.717, 1.165) is 11.5 Å². The van der Waals surface area contributed by atoms with E-state index in [1.165, 1.54) is 16.9 Å². The molecule has 0 aliphatic carbocycles. The number of carbonyl (C=O) groups excluding carboxylic acids is 1. The lowest BCUT2D eigenvalue weighted by Gasteiger charge is -2.03. The Morgan fingerprint density at radius 2 is 1.92 bits per heavy atom. The molecule has 5 nitrogen and oxygen atoms in total. The van der Waals surface area contributed by atoms with Crippen molar-refractivity contribution in [3.63, 3.8) is 0 Å². The molecular formula is C17H16N4OS2. The van der Waals surface area contributed by atoms with E-state index in [2.05, 4.69) is 32.4 Å². The van der Waals surface area contributed by atoms with Crippen LogP contribution in [0.3, 0.4) is 0 Å². The first-order valence-electron chi connectivity index (χ1n) is 7.46. The zero-order valence-electron chi connectivity index (χ0n) is 12.9. The number of amides is 1. The van der Waals surface area contributed by atoms with Crippen molar-refractivity contribution in [3.8, 4) is 10.8 Å². The largest absolute Gasteiger partial charge is 0.350 e. The summed E-state index contributed by atoms with van der Waals surface area (Å²) in [6.45, 7) is 0.616. The van der Waals surface area contributed by atoms with Crippen LogP contribution < -0.4 is 5.32 Å². The van der Waals surface area contributed by atoms with Crippen LogP contribution in [0.4, 0.5) is 0 Å². The Morgan fingerprint density at radius 3 is 2.71 bits per heavy atom. The number of thiazole rings is 1. The summed E-state index contributed by atoms with van der Waals surface area (Å²) in [7, 11) is 0. The van der Waals surface area contributed by atoms with Gasteiger partial charge in [0.25, 0.3) is 5.91 Å². The van der Waals surface area contributed by atoms with E-state index in [9.17, 15) is 4.79 Å². The quantitative estimate of drug-likeness (QED) is 0.658. The summed E-state index contributed by atoms with van der Waals surface area (Å²) >= 11 is 3.16. The monoisotopic (exact) mass is 356 g/mol. The minimum absolute atomic E-state index is 0.159. The van der Waals surface area contributed by atoms with Crippen molar-refractivity contribution < 1.29 is 4.79 Å². The van der Waals surface area contributed by atoms with Crippen molar-refractivity contribution in [3.05, 3.63) is 65.4 Å². The van der Waals surface area contributed by atoms with Gasteiger partial charge in [-0.3, -0.25) is 4.79 Å². The van der Waals surface area contributed by atoms with Gasteiger partial charge in [0.1, 0.15) is 5.69 Å².